The van der Waals surface area contributed by atoms with Crippen molar-refractivity contribution in [1.82, 2.24) is 0 Å². The van der Waals surface area contributed by atoms with Crippen molar-refractivity contribution in [2.45, 2.75) is 13.0 Å². The lowest BCUT2D eigenvalue weighted by atomic mass is 10.1. The van der Waals surface area contributed by atoms with E-state index in [0.29, 0.717) is 15.6 Å². The highest BCUT2D eigenvalue weighted by atomic mass is 127. The summed E-state index contributed by atoms with van der Waals surface area (Å²) in [5, 5.41) is 4.40. The predicted octanol–water partition coefficient (Wildman–Crippen LogP) is 6.56. The van der Waals surface area contributed by atoms with E-state index in [0.717, 1.165) is 9.26 Å². The molecule has 2 rings (SSSR count). The summed E-state index contributed by atoms with van der Waals surface area (Å²) >= 11 is 19.9. The standard InChI is InChI=1S/C14H10Cl3FIN/c1-7(9-5-12(18)11(17)6-10(9)16)20-14-3-2-8(15)4-13(14)19/h2-7,20H,1H3. The van der Waals surface area contributed by atoms with Gasteiger partial charge in [0.15, 0.2) is 0 Å². The van der Waals surface area contributed by atoms with E-state index in [-0.39, 0.29) is 11.1 Å². The van der Waals surface area contributed by atoms with Crippen LogP contribution in [0.4, 0.5) is 10.1 Å². The van der Waals surface area contributed by atoms with Crippen LogP contribution in [0.5, 0.6) is 0 Å². The Morgan fingerprint density at radius 2 is 1.80 bits per heavy atom. The topological polar surface area (TPSA) is 12.0 Å². The van der Waals surface area contributed by atoms with Gasteiger partial charge in [-0.2, -0.15) is 0 Å². The fraction of sp³-hybridized carbons (Fsp3) is 0.143. The van der Waals surface area contributed by atoms with E-state index in [9.17, 15) is 4.39 Å². The van der Waals surface area contributed by atoms with Crippen molar-refractivity contribution in [3.05, 3.63) is 60.4 Å². The molecule has 6 heteroatoms. The summed E-state index contributed by atoms with van der Waals surface area (Å²) in [6, 6.07) is 8.12. The second-order valence-electron chi connectivity index (χ2n) is 4.28. The molecule has 1 N–H and O–H groups in total. The van der Waals surface area contributed by atoms with Crippen molar-refractivity contribution in [2.75, 3.05) is 5.32 Å². The highest BCUT2D eigenvalue weighted by molar-refractivity contribution is 14.1. The average Bonchev–Trinajstić information content (AvgIpc) is 2.37. The molecule has 2 aromatic rings. The first-order chi connectivity index (χ1) is 9.38. The molecule has 0 aliphatic heterocycles. The molecule has 0 aliphatic rings. The Kier molecular flexibility index (Phi) is 5.40. The number of halogens is 5. The number of hydrogen-bond acceptors (Lipinski definition) is 1. The van der Waals surface area contributed by atoms with E-state index in [1.54, 1.807) is 6.07 Å². The first-order valence-corrected chi connectivity index (χ1v) is 7.95. The number of benzene rings is 2. The summed E-state index contributed by atoms with van der Waals surface area (Å²) in [4.78, 5) is 0. The zero-order valence-corrected chi connectivity index (χ0v) is 14.8. The van der Waals surface area contributed by atoms with Gasteiger partial charge in [-0.1, -0.05) is 34.8 Å². The third kappa shape index (κ3) is 3.70. The molecule has 0 saturated carbocycles. The smallest absolute Gasteiger partial charge is 0.142 e. The molecule has 0 aromatic heterocycles. The van der Waals surface area contributed by atoms with Gasteiger partial charge in [-0.3, -0.25) is 0 Å². The minimum Gasteiger partial charge on any atom is -0.378 e. The van der Waals surface area contributed by atoms with Gasteiger partial charge in [-0.25, -0.2) is 4.39 Å². The maximum Gasteiger partial charge on any atom is 0.142 e. The van der Waals surface area contributed by atoms with Crippen molar-refractivity contribution in [3.63, 3.8) is 0 Å². The fourth-order valence-corrected chi connectivity index (χ4v) is 3.36. The first-order valence-electron chi connectivity index (χ1n) is 5.74. The van der Waals surface area contributed by atoms with Crippen LogP contribution in [0, 0.1) is 9.39 Å². The van der Waals surface area contributed by atoms with E-state index >= 15 is 0 Å². The van der Waals surface area contributed by atoms with Gasteiger partial charge in [0.25, 0.3) is 0 Å². The normalized spacial score (nSPS) is 12.3. The van der Waals surface area contributed by atoms with Gasteiger partial charge in [-0.05, 0) is 65.4 Å². The Hall–Kier alpha value is -0.230. The SMILES string of the molecule is CC(Nc1ccc(Cl)cc1I)c1cc(F)c(Cl)cc1Cl. The molecule has 0 fully saturated rings. The Morgan fingerprint density at radius 1 is 1.10 bits per heavy atom. The molecule has 0 amide bonds. The molecule has 0 saturated heterocycles. The highest BCUT2D eigenvalue weighted by Gasteiger charge is 2.14. The summed E-state index contributed by atoms with van der Waals surface area (Å²) in [7, 11) is 0. The Bertz CT molecular complexity index is 649. The van der Waals surface area contributed by atoms with Crippen LogP contribution in [0.1, 0.15) is 18.5 Å². The summed E-state index contributed by atoms with van der Waals surface area (Å²) in [6.07, 6.45) is 0. The molecular formula is C14H10Cl3FIN. The van der Waals surface area contributed by atoms with E-state index in [4.69, 9.17) is 34.8 Å². The Morgan fingerprint density at radius 3 is 2.45 bits per heavy atom. The van der Waals surface area contributed by atoms with Crippen LogP contribution in [0.3, 0.4) is 0 Å². The summed E-state index contributed by atoms with van der Waals surface area (Å²) in [5.41, 5.74) is 1.56. The molecule has 0 radical (unpaired) electrons. The lowest BCUT2D eigenvalue weighted by Crippen LogP contribution is -2.08. The number of rotatable bonds is 3. The number of hydrogen-bond donors (Lipinski definition) is 1. The van der Waals surface area contributed by atoms with Crippen LogP contribution in [-0.2, 0) is 0 Å². The van der Waals surface area contributed by atoms with Crippen molar-refractivity contribution in [3.8, 4) is 0 Å². The Labute approximate surface area is 145 Å². The number of nitrogens with one attached hydrogen (secondary N) is 1. The lowest BCUT2D eigenvalue weighted by molar-refractivity contribution is 0.624. The van der Waals surface area contributed by atoms with Crippen molar-refractivity contribution in [2.24, 2.45) is 0 Å². The van der Waals surface area contributed by atoms with Crippen molar-refractivity contribution >= 4 is 63.1 Å². The van der Waals surface area contributed by atoms with E-state index in [1.165, 1.54) is 12.1 Å². The van der Waals surface area contributed by atoms with E-state index < -0.39 is 5.82 Å². The minimum atomic E-state index is -0.481. The Balaban J connectivity index is 2.28. The molecule has 1 unspecified atom stereocenters. The summed E-state index contributed by atoms with van der Waals surface area (Å²) < 4.78 is 14.5. The van der Waals surface area contributed by atoms with Crippen LogP contribution in [0.15, 0.2) is 30.3 Å². The van der Waals surface area contributed by atoms with Crippen LogP contribution < -0.4 is 5.32 Å². The molecule has 106 valence electrons. The van der Waals surface area contributed by atoms with Gasteiger partial charge in [-0.15, -0.1) is 0 Å². The molecule has 1 atom stereocenters. The largest absolute Gasteiger partial charge is 0.378 e. The van der Waals surface area contributed by atoms with E-state index in [2.05, 4.69) is 27.9 Å². The predicted molar refractivity (Wildman–Crippen MR) is 92.6 cm³/mol. The molecule has 0 spiro atoms. The molecule has 2 aromatic carbocycles. The molecule has 1 nitrogen and oxygen atoms in total. The maximum atomic E-state index is 13.6. The third-order valence-electron chi connectivity index (χ3n) is 2.81. The quantitative estimate of drug-likeness (QED) is 0.417. The van der Waals surface area contributed by atoms with Gasteiger partial charge in [0, 0.05) is 19.3 Å². The third-order valence-corrected chi connectivity index (χ3v) is 4.55. The first kappa shape index (κ1) is 16.1. The van der Waals surface area contributed by atoms with Gasteiger partial charge < -0.3 is 5.32 Å². The monoisotopic (exact) mass is 443 g/mol. The van der Waals surface area contributed by atoms with Crippen LogP contribution >= 0.6 is 57.4 Å². The molecule has 0 bridgehead atoms. The van der Waals surface area contributed by atoms with Crippen molar-refractivity contribution < 1.29 is 4.39 Å². The second-order valence-corrected chi connectivity index (χ2v) is 6.69. The summed E-state index contributed by atoms with van der Waals surface area (Å²) in [6.45, 7) is 1.90. The molecule has 20 heavy (non-hydrogen) atoms. The van der Waals surface area contributed by atoms with Gasteiger partial charge in [0.2, 0.25) is 0 Å². The van der Waals surface area contributed by atoms with Gasteiger partial charge >= 0.3 is 0 Å². The zero-order valence-electron chi connectivity index (χ0n) is 10.4. The average molecular weight is 445 g/mol. The van der Waals surface area contributed by atoms with Crippen LogP contribution in [-0.4, -0.2) is 0 Å². The maximum absolute atomic E-state index is 13.6. The number of anilines is 1. The van der Waals surface area contributed by atoms with E-state index in [1.807, 2.05) is 19.1 Å². The van der Waals surface area contributed by atoms with Gasteiger partial charge in [0.1, 0.15) is 5.82 Å². The molecule has 0 aliphatic carbocycles. The molecule has 0 heterocycles. The second kappa shape index (κ2) is 6.69. The minimum absolute atomic E-state index is 0.0204. The van der Waals surface area contributed by atoms with Gasteiger partial charge in [0.05, 0.1) is 11.1 Å². The van der Waals surface area contributed by atoms with Crippen molar-refractivity contribution in [1.29, 1.82) is 0 Å². The zero-order chi connectivity index (χ0) is 14.9. The fourth-order valence-electron chi connectivity index (χ4n) is 1.79. The lowest BCUT2D eigenvalue weighted by Gasteiger charge is -2.18. The van der Waals surface area contributed by atoms with Crippen LogP contribution in [0.2, 0.25) is 15.1 Å². The van der Waals surface area contributed by atoms with Crippen LogP contribution in [0.25, 0.3) is 0 Å². The highest BCUT2D eigenvalue weighted by Crippen LogP contribution is 2.32. The summed E-state index contributed by atoms with van der Waals surface area (Å²) in [5.74, 6) is -0.481. The molecular weight excluding hydrogens is 434 g/mol.